The standard InChI is InChI=1S/C25H28N4O5S/c1-5-34-18-8-6-9-21-22(18)27-25(35-21)29(12-7-11-28-13-10-26-16-28)24(30)17-14-19(31-2)23(33-4)20(15-17)32-3/h6,8-10,13-16H,5,7,11-12H2,1-4H3. The summed E-state index contributed by atoms with van der Waals surface area (Å²) in [6.45, 7) is 3.64. The maximum Gasteiger partial charge on any atom is 0.260 e. The van der Waals surface area contributed by atoms with Gasteiger partial charge in [-0.3, -0.25) is 9.69 Å². The smallest absolute Gasteiger partial charge is 0.260 e. The van der Waals surface area contributed by atoms with Crippen LogP contribution in [0.5, 0.6) is 23.0 Å². The molecule has 0 spiro atoms. The summed E-state index contributed by atoms with van der Waals surface area (Å²) in [6.07, 6.45) is 6.11. The predicted octanol–water partition coefficient (Wildman–Crippen LogP) is 4.65. The van der Waals surface area contributed by atoms with Crippen molar-refractivity contribution in [1.29, 1.82) is 0 Å². The molecule has 2 aromatic heterocycles. The van der Waals surface area contributed by atoms with Gasteiger partial charge in [-0.25, -0.2) is 9.97 Å². The summed E-state index contributed by atoms with van der Waals surface area (Å²) in [5.41, 5.74) is 1.15. The fourth-order valence-electron chi connectivity index (χ4n) is 3.77. The zero-order valence-corrected chi connectivity index (χ0v) is 21.0. The Morgan fingerprint density at radius 3 is 2.49 bits per heavy atom. The summed E-state index contributed by atoms with van der Waals surface area (Å²) < 4.78 is 25.0. The predicted molar refractivity (Wildman–Crippen MR) is 135 cm³/mol. The summed E-state index contributed by atoms with van der Waals surface area (Å²) in [7, 11) is 4.58. The molecule has 0 saturated carbocycles. The number of hydrogen-bond acceptors (Lipinski definition) is 8. The van der Waals surface area contributed by atoms with Gasteiger partial charge in [0.1, 0.15) is 11.3 Å². The van der Waals surface area contributed by atoms with Crippen LogP contribution in [0.1, 0.15) is 23.7 Å². The van der Waals surface area contributed by atoms with Gasteiger partial charge in [0.2, 0.25) is 5.75 Å². The molecule has 10 heteroatoms. The van der Waals surface area contributed by atoms with Gasteiger partial charge in [-0.2, -0.15) is 0 Å². The lowest BCUT2D eigenvalue weighted by atomic mass is 10.1. The fourth-order valence-corrected chi connectivity index (χ4v) is 4.78. The summed E-state index contributed by atoms with van der Waals surface area (Å²) >= 11 is 1.45. The van der Waals surface area contributed by atoms with E-state index in [0.29, 0.717) is 59.8 Å². The molecule has 9 nitrogen and oxygen atoms in total. The molecule has 0 radical (unpaired) electrons. The lowest BCUT2D eigenvalue weighted by molar-refractivity contribution is 0.0985. The second-order valence-electron chi connectivity index (χ2n) is 7.56. The molecule has 0 aliphatic heterocycles. The van der Waals surface area contributed by atoms with Gasteiger partial charge < -0.3 is 23.5 Å². The van der Waals surface area contributed by atoms with Crippen LogP contribution >= 0.6 is 11.3 Å². The van der Waals surface area contributed by atoms with Gasteiger partial charge in [0, 0.05) is 31.0 Å². The number of amides is 1. The lowest BCUT2D eigenvalue weighted by Gasteiger charge is -2.21. The van der Waals surface area contributed by atoms with E-state index in [9.17, 15) is 4.79 Å². The molecule has 4 rings (SSSR count). The molecule has 4 aromatic rings. The molecule has 0 unspecified atom stereocenters. The maximum atomic E-state index is 13.9. The van der Waals surface area contributed by atoms with Crippen molar-refractivity contribution in [3.05, 3.63) is 54.6 Å². The first-order valence-electron chi connectivity index (χ1n) is 11.2. The number of carbonyl (C=O) groups is 1. The molecule has 0 fully saturated rings. The topological polar surface area (TPSA) is 87.9 Å². The Morgan fingerprint density at radius 1 is 1.09 bits per heavy atom. The van der Waals surface area contributed by atoms with Crippen LogP contribution in [0.2, 0.25) is 0 Å². The van der Waals surface area contributed by atoms with E-state index in [1.165, 1.54) is 32.7 Å². The highest BCUT2D eigenvalue weighted by Gasteiger charge is 2.25. The quantitative estimate of drug-likeness (QED) is 0.299. The number of benzene rings is 2. The van der Waals surface area contributed by atoms with Gasteiger partial charge in [-0.15, -0.1) is 0 Å². The number of fused-ring (bicyclic) bond motifs is 1. The number of nitrogens with zero attached hydrogens (tertiary/aromatic N) is 4. The van der Waals surface area contributed by atoms with Crippen molar-refractivity contribution in [2.24, 2.45) is 0 Å². The van der Waals surface area contributed by atoms with Crippen LogP contribution in [0, 0.1) is 0 Å². The highest BCUT2D eigenvalue weighted by atomic mass is 32.1. The molecule has 0 atom stereocenters. The van der Waals surface area contributed by atoms with Crippen LogP contribution in [0.25, 0.3) is 10.2 Å². The SMILES string of the molecule is CCOc1cccc2sc(N(CCCn3ccnc3)C(=O)c3cc(OC)c(OC)c(OC)c3)nc12. The first-order chi connectivity index (χ1) is 17.1. The van der Waals surface area contributed by atoms with Crippen molar-refractivity contribution in [2.45, 2.75) is 19.9 Å². The molecule has 0 saturated heterocycles. The number of imidazole rings is 1. The molecule has 0 bridgehead atoms. The summed E-state index contributed by atoms with van der Waals surface area (Å²) in [4.78, 5) is 24.4. The fraction of sp³-hybridized carbons (Fsp3) is 0.320. The normalized spacial score (nSPS) is 10.9. The van der Waals surface area contributed by atoms with Gasteiger partial charge in [0.25, 0.3) is 5.91 Å². The molecular weight excluding hydrogens is 468 g/mol. The van der Waals surface area contributed by atoms with Crippen molar-refractivity contribution >= 4 is 32.6 Å². The van der Waals surface area contributed by atoms with Crippen molar-refractivity contribution in [1.82, 2.24) is 14.5 Å². The first kappa shape index (κ1) is 24.3. The molecule has 35 heavy (non-hydrogen) atoms. The number of thiazole rings is 1. The van der Waals surface area contributed by atoms with E-state index in [-0.39, 0.29) is 5.91 Å². The number of ether oxygens (including phenoxy) is 4. The number of rotatable bonds is 11. The van der Waals surface area contributed by atoms with Crippen molar-refractivity contribution < 1.29 is 23.7 Å². The number of methoxy groups -OCH3 is 3. The number of hydrogen-bond donors (Lipinski definition) is 0. The second-order valence-corrected chi connectivity index (χ2v) is 8.57. The molecule has 1 amide bonds. The van der Waals surface area contributed by atoms with Crippen LogP contribution in [-0.4, -0.2) is 54.9 Å². The molecule has 0 aliphatic carbocycles. The molecule has 0 N–H and O–H groups in total. The number of para-hydroxylation sites is 1. The van der Waals surface area contributed by atoms with Gasteiger partial charge in [-0.1, -0.05) is 17.4 Å². The van der Waals surface area contributed by atoms with E-state index in [4.69, 9.17) is 23.9 Å². The number of aromatic nitrogens is 3. The van der Waals surface area contributed by atoms with E-state index in [2.05, 4.69) is 4.98 Å². The van der Waals surface area contributed by atoms with Gasteiger partial charge >= 0.3 is 0 Å². The van der Waals surface area contributed by atoms with Crippen molar-refractivity contribution in [2.75, 3.05) is 39.4 Å². The highest BCUT2D eigenvalue weighted by Crippen LogP contribution is 2.40. The minimum absolute atomic E-state index is 0.216. The van der Waals surface area contributed by atoms with E-state index in [1.54, 1.807) is 29.6 Å². The van der Waals surface area contributed by atoms with Gasteiger partial charge in [0.15, 0.2) is 16.6 Å². The molecule has 184 valence electrons. The Hall–Kier alpha value is -3.79. The van der Waals surface area contributed by atoms with Gasteiger partial charge in [-0.05, 0) is 37.6 Å². The zero-order valence-electron chi connectivity index (χ0n) is 20.2. The van der Waals surface area contributed by atoms with Crippen molar-refractivity contribution in [3.8, 4) is 23.0 Å². The Kier molecular flexibility index (Phi) is 7.71. The minimum Gasteiger partial charge on any atom is -0.493 e. The number of aryl methyl sites for hydroxylation is 1. The summed E-state index contributed by atoms with van der Waals surface area (Å²) in [6, 6.07) is 9.11. The van der Waals surface area contributed by atoms with Gasteiger partial charge in [0.05, 0.1) is 39.0 Å². The average molecular weight is 497 g/mol. The van der Waals surface area contributed by atoms with Crippen LogP contribution in [-0.2, 0) is 6.54 Å². The van der Waals surface area contributed by atoms with E-state index in [1.807, 2.05) is 35.9 Å². The van der Waals surface area contributed by atoms with E-state index < -0.39 is 0 Å². The summed E-state index contributed by atoms with van der Waals surface area (Å²) in [5.74, 6) is 1.74. The first-order valence-corrected chi connectivity index (χ1v) is 12.0. The third-order valence-corrected chi connectivity index (χ3v) is 6.46. The third kappa shape index (κ3) is 5.17. The Morgan fingerprint density at radius 2 is 1.86 bits per heavy atom. The molecule has 0 aliphatic rings. The Balaban J connectivity index is 1.72. The van der Waals surface area contributed by atoms with Crippen LogP contribution in [0.4, 0.5) is 5.13 Å². The Labute approximate surface area is 207 Å². The highest BCUT2D eigenvalue weighted by molar-refractivity contribution is 7.22. The number of carbonyl (C=O) groups excluding carboxylic acids is 1. The maximum absolute atomic E-state index is 13.9. The largest absolute Gasteiger partial charge is 0.493 e. The average Bonchev–Trinajstić information content (AvgIpc) is 3.56. The monoisotopic (exact) mass is 496 g/mol. The molecular formula is C25H28N4O5S. The summed E-state index contributed by atoms with van der Waals surface area (Å²) in [5, 5.41) is 0.594. The van der Waals surface area contributed by atoms with Crippen molar-refractivity contribution in [3.63, 3.8) is 0 Å². The van der Waals surface area contributed by atoms with Crippen LogP contribution in [0.3, 0.4) is 0 Å². The molecule has 2 aromatic carbocycles. The Bertz CT molecular complexity index is 1260. The lowest BCUT2D eigenvalue weighted by Crippen LogP contribution is -2.32. The van der Waals surface area contributed by atoms with Crippen LogP contribution < -0.4 is 23.8 Å². The third-order valence-electron chi connectivity index (χ3n) is 5.42. The second kappa shape index (κ2) is 11.1. The van der Waals surface area contributed by atoms with Crippen LogP contribution in [0.15, 0.2) is 49.1 Å². The molecule has 2 heterocycles. The van der Waals surface area contributed by atoms with E-state index in [0.717, 1.165) is 10.2 Å². The number of anilines is 1. The zero-order chi connectivity index (χ0) is 24.8. The van der Waals surface area contributed by atoms with E-state index >= 15 is 0 Å². The minimum atomic E-state index is -0.216.